The van der Waals surface area contributed by atoms with Crippen molar-refractivity contribution in [1.29, 1.82) is 0 Å². The fraction of sp³-hybridized carbons (Fsp3) is 0.455. The molecule has 6 nitrogen and oxygen atoms in total. The summed E-state index contributed by atoms with van der Waals surface area (Å²) < 4.78 is 4.22. The van der Waals surface area contributed by atoms with E-state index < -0.39 is 0 Å². The summed E-state index contributed by atoms with van der Waals surface area (Å²) in [4.78, 5) is 17.2. The van der Waals surface area contributed by atoms with E-state index in [0.717, 1.165) is 43.0 Å². The van der Waals surface area contributed by atoms with Crippen LogP contribution >= 0.6 is 23.1 Å². The van der Waals surface area contributed by atoms with Crippen molar-refractivity contribution >= 4 is 34.1 Å². The van der Waals surface area contributed by atoms with Gasteiger partial charge in [0.1, 0.15) is 16.8 Å². The zero-order valence-electron chi connectivity index (χ0n) is 10.5. The summed E-state index contributed by atoms with van der Waals surface area (Å²) in [6.45, 7) is 5.49. The van der Waals surface area contributed by atoms with Gasteiger partial charge >= 0.3 is 0 Å². The van der Waals surface area contributed by atoms with Crippen molar-refractivity contribution < 1.29 is 0 Å². The van der Waals surface area contributed by atoms with E-state index in [0.29, 0.717) is 5.15 Å². The Morgan fingerprint density at radius 3 is 2.47 bits per heavy atom. The summed E-state index contributed by atoms with van der Waals surface area (Å²) in [6.07, 6.45) is 3.29. The van der Waals surface area contributed by atoms with Gasteiger partial charge in [0.15, 0.2) is 0 Å². The molecule has 1 fully saturated rings. The second-order valence-corrected chi connectivity index (χ2v) is 5.42. The highest BCUT2D eigenvalue weighted by molar-refractivity contribution is 7.09. The summed E-state index contributed by atoms with van der Waals surface area (Å²) in [5.41, 5.74) is 0. The number of piperazine rings is 1. The Bertz CT molecular complexity index is 566. The topological polar surface area (TPSA) is 58.0 Å². The van der Waals surface area contributed by atoms with Crippen LogP contribution in [0.4, 0.5) is 10.9 Å². The first-order valence-corrected chi connectivity index (χ1v) is 7.15. The van der Waals surface area contributed by atoms with Crippen LogP contribution in [-0.2, 0) is 0 Å². The summed E-state index contributed by atoms with van der Waals surface area (Å²) in [5, 5.41) is 1.43. The van der Waals surface area contributed by atoms with Gasteiger partial charge < -0.3 is 9.80 Å². The number of nitrogens with zero attached hydrogens (tertiary/aromatic N) is 6. The van der Waals surface area contributed by atoms with E-state index in [4.69, 9.17) is 11.6 Å². The molecule has 8 heteroatoms. The van der Waals surface area contributed by atoms with Crippen molar-refractivity contribution in [1.82, 2.24) is 19.3 Å². The molecule has 0 unspecified atom stereocenters. The third-order valence-electron chi connectivity index (χ3n) is 2.98. The van der Waals surface area contributed by atoms with Gasteiger partial charge in [0.05, 0.1) is 12.4 Å². The average molecular weight is 297 g/mol. The van der Waals surface area contributed by atoms with E-state index in [-0.39, 0.29) is 0 Å². The highest BCUT2D eigenvalue weighted by Gasteiger charge is 2.20. The minimum absolute atomic E-state index is 0.430. The molecular weight excluding hydrogens is 284 g/mol. The third kappa shape index (κ3) is 2.76. The normalized spacial score (nSPS) is 15.9. The van der Waals surface area contributed by atoms with Crippen LogP contribution in [0.1, 0.15) is 5.82 Å². The second-order valence-electron chi connectivity index (χ2n) is 4.30. The molecule has 2 aromatic rings. The molecule has 0 aromatic carbocycles. The van der Waals surface area contributed by atoms with Crippen LogP contribution in [0.3, 0.4) is 0 Å². The van der Waals surface area contributed by atoms with E-state index in [1.165, 1.54) is 11.5 Å². The molecule has 3 rings (SSSR count). The number of anilines is 2. The zero-order valence-corrected chi connectivity index (χ0v) is 12.0. The molecule has 0 saturated carbocycles. The van der Waals surface area contributed by atoms with E-state index in [9.17, 15) is 0 Å². The zero-order chi connectivity index (χ0) is 13.2. The maximum Gasteiger partial charge on any atom is 0.205 e. The lowest BCUT2D eigenvalue weighted by molar-refractivity contribution is 0.644. The molecule has 0 amide bonds. The van der Waals surface area contributed by atoms with E-state index in [1.54, 1.807) is 12.4 Å². The fourth-order valence-corrected chi connectivity index (χ4v) is 2.89. The Labute approximate surface area is 120 Å². The average Bonchev–Trinajstić information content (AvgIpc) is 2.86. The number of rotatable bonds is 2. The third-order valence-corrected chi connectivity index (χ3v) is 4.03. The van der Waals surface area contributed by atoms with Crippen LogP contribution in [0, 0.1) is 6.92 Å². The maximum absolute atomic E-state index is 5.86. The lowest BCUT2D eigenvalue weighted by Crippen LogP contribution is -2.46. The van der Waals surface area contributed by atoms with Gasteiger partial charge in [-0.25, -0.2) is 9.97 Å². The molecular formula is C11H13ClN6S. The van der Waals surface area contributed by atoms with Crippen LogP contribution in [0.5, 0.6) is 0 Å². The van der Waals surface area contributed by atoms with Crippen molar-refractivity contribution in [3.8, 4) is 0 Å². The minimum Gasteiger partial charge on any atom is -0.352 e. The SMILES string of the molecule is Cc1nsc(N2CCN(c3cncc(Cl)n3)CC2)n1. The molecule has 3 heterocycles. The molecule has 19 heavy (non-hydrogen) atoms. The van der Waals surface area contributed by atoms with Crippen LogP contribution in [0.15, 0.2) is 12.4 Å². The number of aryl methyl sites for hydroxylation is 1. The predicted molar refractivity (Wildman–Crippen MR) is 76.1 cm³/mol. The van der Waals surface area contributed by atoms with Gasteiger partial charge in [-0.3, -0.25) is 4.98 Å². The smallest absolute Gasteiger partial charge is 0.205 e. The van der Waals surface area contributed by atoms with E-state index in [2.05, 4.69) is 29.1 Å². The fourth-order valence-electron chi connectivity index (χ4n) is 2.03. The van der Waals surface area contributed by atoms with Crippen molar-refractivity contribution in [2.24, 2.45) is 0 Å². The summed E-state index contributed by atoms with van der Waals surface area (Å²) in [5.74, 6) is 1.67. The first-order chi connectivity index (χ1) is 9.22. The Morgan fingerprint density at radius 1 is 1.11 bits per heavy atom. The Hall–Kier alpha value is -1.47. The molecule has 2 aromatic heterocycles. The lowest BCUT2D eigenvalue weighted by atomic mass is 10.3. The number of aromatic nitrogens is 4. The van der Waals surface area contributed by atoms with Gasteiger partial charge in [-0.05, 0) is 6.92 Å². The Balaban J connectivity index is 1.66. The van der Waals surface area contributed by atoms with Gasteiger partial charge in [-0.2, -0.15) is 4.37 Å². The van der Waals surface area contributed by atoms with Gasteiger partial charge in [-0.1, -0.05) is 11.6 Å². The van der Waals surface area contributed by atoms with E-state index >= 15 is 0 Å². The van der Waals surface area contributed by atoms with Crippen molar-refractivity contribution in [2.75, 3.05) is 36.0 Å². The van der Waals surface area contributed by atoms with Crippen molar-refractivity contribution in [2.45, 2.75) is 6.92 Å². The standard InChI is InChI=1S/C11H13ClN6S/c1-8-14-11(19-16-8)18-4-2-17(3-5-18)10-7-13-6-9(12)15-10/h6-7H,2-5H2,1H3. The van der Waals surface area contributed by atoms with Crippen molar-refractivity contribution in [3.63, 3.8) is 0 Å². The van der Waals surface area contributed by atoms with E-state index in [1.807, 2.05) is 6.92 Å². The molecule has 0 bridgehead atoms. The summed E-state index contributed by atoms with van der Waals surface area (Å²) in [7, 11) is 0. The number of hydrogen-bond acceptors (Lipinski definition) is 7. The first kappa shape index (κ1) is 12.6. The summed E-state index contributed by atoms with van der Waals surface area (Å²) in [6, 6.07) is 0. The van der Waals surface area contributed by atoms with Gasteiger partial charge in [0, 0.05) is 37.7 Å². The highest BCUT2D eigenvalue weighted by atomic mass is 35.5. The predicted octanol–water partition coefficient (Wildman–Crippen LogP) is 1.62. The molecule has 0 atom stereocenters. The molecule has 0 radical (unpaired) electrons. The quantitative estimate of drug-likeness (QED) is 0.839. The first-order valence-electron chi connectivity index (χ1n) is 6.00. The Kier molecular flexibility index (Phi) is 3.48. The second kappa shape index (κ2) is 5.26. The molecule has 1 aliphatic heterocycles. The highest BCUT2D eigenvalue weighted by Crippen LogP contribution is 2.21. The van der Waals surface area contributed by atoms with Crippen molar-refractivity contribution in [3.05, 3.63) is 23.4 Å². The van der Waals surface area contributed by atoms with Crippen LogP contribution in [-0.4, -0.2) is 45.5 Å². The van der Waals surface area contributed by atoms with Crippen LogP contribution in [0.2, 0.25) is 5.15 Å². The largest absolute Gasteiger partial charge is 0.352 e. The summed E-state index contributed by atoms with van der Waals surface area (Å²) >= 11 is 7.32. The Morgan fingerprint density at radius 2 is 1.84 bits per heavy atom. The van der Waals surface area contributed by atoms with Gasteiger partial charge in [-0.15, -0.1) is 0 Å². The maximum atomic E-state index is 5.86. The monoisotopic (exact) mass is 296 g/mol. The molecule has 1 aliphatic rings. The minimum atomic E-state index is 0.430. The van der Waals surface area contributed by atoms with Crippen LogP contribution in [0.25, 0.3) is 0 Å². The number of hydrogen-bond donors (Lipinski definition) is 0. The molecule has 0 spiro atoms. The molecule has 0 aliphatic carbocycles. The molecule has 0 N–H and O–H groups in total. The lowest BCUT2D eigenvalue weighted by Gasteiger charge is -2.34. The van der Waals surface area contributed by atoms with Gasteiger partial charge in [0.25, 0.3) is 0 Å². The van der Waals surface area contributed by atoms with Gasteiger partial charge in [0.2, 0.25) is 5.13 Å². The molecule has 100 valence electrons. The molecule has 1 saturated heterocycles. The number of halogens is 1. The van der Waals surface area contributed by atoms with Crippen LogP contribution < -0.4 is 9.80 Å².